The van der Waals surface area contributed by atoms with Crippen LogP contribution in [0.15, 0.2) is 146 Å². The largest absolute Gasteiger partial charge is 0.0616 e. The third-order valence-corrected chi connectivity index (χ3v) is 7.24. The van der Waals surface area contributed by atoms with Crippen molar-refractivity contribution in [2.24, 2.45) is 0 Å². The Labute approximate surface area is 211 Å². The van der Waals surface area contributed by atoms with Crippen molar-refractivity contribution in [3.63, 3.8) is 0 Å². The normalized spacial score (nSPS) is 11.3. The summed E-state index contributed by atoms with van der Waals surface area (Å²) >= 11 is 0. The number of hydrogen-bond donors (Lipinski definition) is 0. The Hall–Kier alpha value is -4.68. The minimum absolute atomic E-state index is 1.23. The minimum Gasteiger partial charge on any atom is -0.0616 e. The van der Waals surface area contributed by atoms with Gasteiger partial charge in [0.2, 0.25) is 0 Å². The molecule has 0 amide bonds. The third-order valence-electron chi connectivity index (χ3n) is 7.24. The summed E-state index contributed by atoms with van der Waals surface area (Å²) in [5.74, 6) is 0. The molecular formula is C36H24. The molecule has 0 unspecified atom stereocenters. The Bertz CT molecular complexity index is 1870. The van der Waals surface area contributed by atoms with Crippen LogP contribution in [0.2, 0.25) is 0 Å². The van der Waals surface area contributed by atoms with Crippen molar-refractivity contribution < 1.29 is 0 Å². The highest BCUT2D eigenvalue weighted by molar-refractivity contribution is 6.13. The zero-order chi connectivity index (χ0) is 23.9. The highest BCUT2D eigenvalue weighted by Gasteiger charge is 2.09. The second-order valence-corrected chi connectivity index (χ2v) is 9.41. The lowest BCUT2D eigenvalue weighted by Gasteiger charge is -2.12. The maximum Gasteiger partial charge on any atom is -0.00990 e. The van der Waals surface area contributed by atoms with E-state index in [4.69, 9.17) is 0 Å². The highest BCUT2D eigenvalue weighted by Crippen LogP contribution is 2.36. The molecule has 0 heteroatoms. The fourth-order valence-electron chi connectivity index (χ4n) is 5.38. The summed E-state index contributed by atoms with van der Waals surface area (Å²) in [5, 5.41) is 7.72. The molecule has 0 spiro atoms. The molecule has 0 heterocycles. The molecule has 0 saturated heterocycles. The van der Waals surface area contributed by atoms with Crippen LogP contribution in [0.4, 0.5) is 0 Å². The SMILES string of the molecule is c1cc(-c2ccc(-c3cc4ccccc4c4ccccc34)cc2)cc(-c2ccc3ccccc3c2)c1. The van der Waals surface area contributed by atoms with E-state index in [-0.39, 0.29) is 0 Å². The third kappa shape index (κ3) is 3.56. The van der Waals surface area contributed by atoms with E-state index in [0.717, 1.165) is 0 Å². The maximum absolute atomic E-state index is 2.33. The second-order valence-electron chi connectivity index (χ2n) is 9.41. The number of rotatable bonds is 3. The van der Waals surface area contributed by atoms with Gasteiger partial charge >= 0.3 is 0 Å². The molecule has 0 aliphatic rings. The Morgan fingerprint density at radius 1 is 0.250 bits per heavy atom. The molecule has 0 aromatic heterocycles. The first-order chi connectivity index (χ1) is 17.8. The summed E-state index contributed by atoms with van der Waals surface area (Å²) in [6.45, 7) is 0. The van der Waals surface area contributed by atoms with Gasteiger partial charge in [-0.2, -0.15) is 0 Å². The van der Waals surface area contributed by atoms with Gasteiger partial charge in [-0.3, -0.25) is 0 Å². The van der Waals surface area contributed by atoms with E-state index in [1.165, 1.54) is 65.7 Å². The van der Waals surface area contributed by atoms with Gasteiger partial charge in [-0.15, -0.1) is 0 Å². The second kappa shape index (κ2) is 8.52. The van der Waals surface area contributed by atoms with Crippen LogP contribution in [0.1, 0.15) is 0 Å². The molecule has 0 fully saturated rings. The average Bonchev–Trinajstić information content (AvgIpc) is 2.97. The van der Waals surface area contributed by atoms with Gasteiger partial charge in [-0.05, 0) is 83.9 Å². The number of fused-ring (bicyclic) bond motifs is 4. The van der Waals surface area contributed by atoms with Crippen LogP contribution in [-0.2, 0) is 0 Å². The van der Waals surface area contributed by atoms with Crippen molar-refractivity contribution in [1.29, 1.82) is 0 Å². The van der Waals surface area contributed by atoms with Crippen molar-refractivity contribution in [2.75, 3.05) is 0 Å². The summed E-state index contributed by atoms with van der Waals surface area (Å²) in [4.78, 5) is 0. The van der Waals surface area contributed by atoms with Gasteiger partial charge < -0.3 is 0 Å². The Kier molecular flexibility index (Phi) is 4.89. The first-order valence-electron chi connectivity index (χ1n) is 12.4. The van der Waals surface area contributed by atoms with Crippen molar-refractivity contribution in [3.8, 4) is 33.4 Å². The van der Waals surface area contributed by atoms with Crippen LogP contribution in [0.3, 0.4) is 0 Å². The van der Waals surface area contributed by atoms with E-state index in [1.807, 2.05) is 0 Å². The first kappa shape index (κ1) is 20.7. The summed E-state index contributed by atoms with van der Waals surface area (Å²) < 4.78 is 0. The lowest BCUT2D eigenvalue weighted by Crippen LogP contribution is -1.86. The van der Waals surface area contributed by atoms with Gasteiger partial charge in [0.05, 0.1) is 0 Å². The van der Waals surface area contributed by atoms with E-state index in [9.17, 15) is 0 Å². The molecular weight excluding hydrogens is 432 g/mol. The van der Waals surface area contributed by atoms with Gasteiger partial charge in [0.15, 0.2) is 0 Å². The summed E-state index contributed by atoms with van der Waals surface area (Å²) in [6.07, 6.45) is 0. The molecule has 36 heavy (non-hydrogen) atoms. The van der Waals surface area contributed by atoms with Crippen molar-refractivity contribution in [2.45, 2.75) is 0 Å². The van der Waals surface area contributed by atoms with E-state index in [2.05, 4.69) is 146 Å². The quantitative estimate of drug-likeness (QED) is 0.232. The number of benzene rings is 7. The van der Waals surface area contributed by atoms with Crippen LogP contribution in [0.25, 0.3) is 65.7 Å². The summed E-state index contributed by atoms with van der Waals surface area (Å²) in [6, 6.07) is 52.8. The monoisotopic (exact) mass is 456 g/mol. The maximum atomic E-state index is 2.33. The molecule has 7 aromatic rings. The molecule has 0 aliphatic heterocycles. The molecule has 0 radical (unpaired) electrons. The highest BCUT2D eigenvalue weighted by atomic mass is 14.1. The van der Waals surface area contributed by atoms with Crippen molar-refractivity contribution in [3.05, 3.63) is 146 Å². The Morgan fingerprint density at radius 3 is 1.61 bits per heavy atom. The van der Waals surface area contributed by atoms with Gasteiger partial charge in [-0.1, -0.05) is 127 Å². The van der Waals surface area contributed by atoms with Crippen molar-refractivity contribution >= 4 is 32.3 Å². The van der Waals surface area contributed by atoms with E-state index < -0.39 is 0 Å². The first-order valence-corrected chi connectivity index (χ1v) is 12.4. The lowest BCUT2D eigenvalue weighted by atomic mass is 9.92. The molecule has 0 aliphatic carbocycles. The van der Waals surface area contributed by atoms with Crippen LogP contribution >= 0.6 is 0 Å². The van der Waals surface area contributed by atoms with Crippen molar-refractivity contribution in [1.82, 2.24) is 0 Å². The average molecular weight is 457 g/mol. The summed E-state index contributed by atoms with van der Waals surface area (Å²) in [5.41, 5.74) is 7.46. The predicted molar refractivity (Wildman–Crippen MR) is 155 cm³/mol. The van der Waals surface area contributed by atoms with E-state index >= 15 is 0 Å². The predicted octanol–water partition coefficient (Wildman–Crippen LogP) is 10.1. The van der Waals surface area contributed by atoms with E-state index in [0.29, 0.717) is 0 Å². The Balaban J connectivity index is 1.28. The molecule has 7 aromatic carbocycles. The van der Waals surface area contributed by atoms with Gasteiger partial charge in [0.25, 0.3) is 0 Å². The van der Waals surface area contributed by atoms with Gasteiger partial charge in [0.1, 0.15) is 0 Å². The molecule has 0 N–H and O–H groups in total. The van der Waals surface area contributed by atoms with Crippen LogP contribution < -0.4 is 0 Å². The molecule has 0 bridgehead atoms. The Morgan fingerprint density at radius 2 is 0.806 bits per heavy atom. The van der Waals surface area contributed by atoms with Crippen LogP contribution in [0, 0.1) is 0 Å². The van der Waals surface area contributed by atoms with Gasteiger partial charge in [0, 0.05) is 0 Å². The number of hydrogen-bond acceptors (Lipinski definition) is 0. The molecule has 168 valence electrons. The minimum atomic E-state index is 1.23. The zero-order valence-electron chi connectivity index (χ0n) is 19.9. The summed E-state index contributed by atoms with van der Waals surface area (Å²) in [7, 11) is 0. The zero-order valence-corrected chi connectivity index (χ0v) is 19.9. The lowest BCUT2D eigenvalue weighted by molar-refractivity contribution is 1.59. The fraction of sp³-hybridized carbons (Fsp3) is 0. The van der Waals surface area contributed by atoms with E-state index in [1.54, 1.807) is 0 Å². The van der Waals surface area contributed by atoms with Crippen LogP contribution in [-0.4, -0.2) is 0 Å². The standard InChI is InChI=1S/C36H24/c1-2-9-28-23-31(21-18-25(28)8-1)30-12-7-11-29(22-30)26-16-19-27(20-17-26)36-24-32-10-3-4-13-33(32)34-14-5-6-15-35(34)36/h1-24H. The molecule has 0 atom stereocenters. The molecule has 7 rings (SSSR count). The fourth-order valence-corrected chi connectivity index (χ4v) is 5.38. The van der Waals surface area contributed by atoms with Crippen LogP contribution in [0.5, 0.6) is 0 Å². The molecule has 0 nitrogen and oxygen atoms in total. The topological polar surface area (TPSA) is 0 Å². The smallest absolute Gasteiger partial charge is 0.00990 e. The molecule has 0 saturated carbocycles. The van der Waals surface area contributed by atoms with Gasteiger partial charge in [-0.25, -0.2) is 0 Å².